The lowest BCUT2D eigenvalue weighted by Gasteiger charge is -2.37. The zero-order valence-corrected chi connectivity index (χ0v) is 12.8. The van der Waals surface area contributed by atoms with Crippen LogP contribution in [0.5, 0.6) is 0 Å². The summed E-state index contributed by atoms with van der Waals surface area (Å²) in [5.41, 5.74) is 2.87. The third-order valence-electron chi connectivity index (χ3n) is 6.27. The number of anilines is 1. The average Bonchev–Trinajstić information content (AvgIpc) is 3.28. The van der Waals surface area contributed by atoms with Gasteiger partial charge in [-0.15, -0.1) is 0 Å². The van der Waals surface area contributed by atoms with E-state index in [1.165, 1.54) is 11.3 Å². The molecule has 0 spiro atoms. The maximum absolute atomic E-state index is 13.0. The maximum atomic E-state index is 13.0. The van der Waals surface area contributed by atoms with Gasteiger partial charge < -0.3 is 0 Å². The number of aryl methyl sites for hydroxylation is 2. The first-order valence-electron chi connectivity index (χ1n) is 8.21. The van der Waals surface area contributed by atoms with Gasteiger partial charge in [-0.1, -0.05) is 24.3 Å². The Morgan fingerprint density at radius 2 is 1.55 bits per heavy atom. The number of carbonyl (C=O) groups excluding carboxylic acids is 2. The van der Waals surface area contributed by atoms with Crippen LogP contribution in [0.1, 0.15) is 17.5 Å². The Morgan fingerprint density at radius 1 is 0.955 bits per heavy atom. The van der Waals surface area contributed by atoms with Gasteiger partial charge in [0.05, 0.1) is 17.5 Å². The number of allylic oxidation sites excluding steroid dienone is 2. The molecule has 4 aliphatic carbocycles. The summed E-state index contributed by atoms with van der Waals surface area (Å²) in [5, 5.41) is 0. The van der Waals surface area contributed by atoms with Crippen molar-refractivity contribution in [1.29, 1.82) is 0 Å². The normalized spacial score (nSPS) is 40.9. The number of hydrogen-bond donors (Lipinski definition) is 0. The minimum atomic E-state index is -0.105. The van der Waals surface area contributed by atoms with Crippen molar-refractivity contribution in [1.82, 2.24) is 0 Å². The Kier molecular flexibility index (Phi) is 2.23. The molecule has 1 aromatic carbocycles. The molecule has 2 amide bonds. The molecule has 1 aliphatic heterocycles. The van der Waals surface area contributed by atoms with E-state index in [4.69, 9.17) is 0 Å². The number of nitrogens with zero attached hydrogens (tertiary/aromatic N) is 1. The molecule has 1 heterocycles. The van der Waals surface area contributed by atoms with Gasteiger partial charge in [-0.25, -0.2) is 4.90 Å². The van der Waals surface area contributed by atoms with Crippen LogP contribution < -0.4 is 4.90 Å². The molecular weight excluding hydrogens is 274 g/mol. The lowest BCUT2D eigenvalue weighted by Crippen LogP contribution is -2.40. The molecule has 0 radical (unpaired) electrons. The molecule has 0 unspecified atom stereocenters. The lowest BCUT2D eigenvalue weighted by atomic mass is 9.63. The standard InChI is InChI=1S/C19H19NO2/c1-9-3-4-10(2)15(7-9)20-18(21)16-11-5-6-12(14-8-13(11)14)17(16)19(20)22/h3-7,11-14,16-17H,8H2,1-2H3/t11-,12-,13-,14+,16+,17-/m1/s1. The smallest absolute Gasteiger partial charge is 0.238 e. The van der Waals surface area contributed by atoms with E-state index in [0.717, 1.165) is 16.8 Å². The number of amides is 2. The Balaban J connectivity index is 1.62. The van der Waals surface area contributed by atoms with E-state index in [1.54, 1.807) is 0 Å². The molecule has 0 N–H and O–H groups in total. The second kappa shape index (κ2) is 3.89. The fourth-order valence-electron chi connectivity index (χ4n) is 5.15. The zero-order valence-electron chi connectivity index (χ0n) is 12.8. The van der Waals surface area contributed by atoms with Gasteiger partial charge in [-0.3, -0.25) is 9.59 Å². The van der Waals surface area contributed by atoms with Gasteiger partial charge in [0.1, 0.15) is 0 Å². The monoisotopic (exact) mass is 293 g/mol. The van der Waals surface area contributed by atoms with Crippen LogP contribution in [-0.2, 0) is 9.59 Å². The Hall–Kier alpha value is -1.90. The summed E-state index contributed by atoms with van der Waals surface area (Å²) >= 11 is 0. The third kappa shape index (κ3) is 1.37. The first kappa shape index (κ1) is 12.6. The average molecular weight is 293 g/mol. The van der Waals surface area contributed by atoms with E-state index >= 15 is 0 Å². The highest BCUT2D eigenvalue weighted by molar-refractivity contribution is 6.23. The van der Waals surface area contributed by atoms with Crippen molar-refractivity contribution in [3.8, 4) is 0 Å². The van der Waals surface area contributed by atoms with Gasteiger partial charge in [0.15, 0.2) is 0 Å². The highest BCUT2D eigenvalue weighted by atomic mass is 16.2. The van der Waals surface area contributed by atoms with Gasteiger partial charge in [-0.2, -0.15) is 0 Å². The van der Waals surface area contributed by atoms with Crippen LogP contribution in [-0.4, -0.2) is 11.8 Å². The molecule has 2 bridgehead atoms. The maximum Gasteiger partial charge on any atom is 0.238 e. The number of rotatable bonds is 1. The summed E-state index contributed by atoms with van der Waals surface area (Å²) in [6, 6.07) is 5.99. The summed E-state index contributed by atoms with van der Waals surface area (Å²) in [7, 11) is 0. The van der Waals surface area contributed by atoms with Gasteiger partial charge in [-0.05, 0) is 61.1 Å². The molecule has 22 heavy (non-hydrogen) atoms. The van der Waals surface area contributed by atoms with E-state index in [9.17, 15) is 9.59 Å². The molecule has 1 saturated heterocycles. The first-order valence-corrected chi connectivity index (χ1v) is 8.21. The van der Waals surface area contributed by atoms with E-state index in [-0.39, 0.29) is 23.7 Å². The molecule has 2 saturated carbocycles. The lowest BCUT2D eigenvalue weighted by molar-refractivity contribution is -0.124. The summed E-state index contributed by atoms with van der Waals surface area (Å²) in [6.45, 7) is 3.98. The fourth-order valence-corrected chi connectivity index (χ4v) is 5.15. The van der Waals surface area contributed by atoms with Crippen molar-refractivity contribution >= 4 is 17.5 Å². The second-order valence-electron chi connectivity index (χ2n) is 7.46. The highest BCUT2D eigenvalue weighted by Gasteiger charge is 2.67. The van der Waals surface area contributed by atoms with Crippen molar-refractivity contribution in [2.24, 2.45) is 35.5 Å². The molecule has 6 atom stereocenters. The predicted molar refractivity (Wildman–Crippen MR) is 83.1 cm³/mol. The minimum absolute atomic E-state index is 0.0356. The SMILES string of the molecule is Cc1ccc(C)c(N2C(=O)[C@@H]3[C@@H]4C=C[C@H]([C@H]5C[C@@H]45)[C@@H]3C2=O)c1. The molecule has 1 aromatic rings. The summed E-state index contributed by atoms with van der Waals surface area (Å²) in [6.07, 6.45) is 5.65. The van der Waals surface area contributed by atoms with E-state index in [0.29, 0.717) is 23.7 Å². The van der Waals surface area contributed by atoms with Gasteiger partial charge in [0.2, 0.25) is 11.8 Å². The second-order valence-corrected chi connectivity index (χ2v) is 7.46. The Labute approximate surface area is 130 Å². The molecule has 3 nitrogen and oxygen atoms in total. The number of hydrogen-bond acceptors (Lipinski definition) is 2. The van der Waals surface area contributed by atoms with Crippen LogP contribution in [0.2, 0.25) is 0 Å². The first-order chi connectivity index (χ1) is 10.6. The van der Waals surface area contributed by atoms with E-state index in [2.05, 4.69) is 12.2 Å². The largest absolute Gasteiger partial charge is 0.274 e. The molecule has 3 heteroatoms. The zero-order chi connectivity index (χ0) is 15.2. The van der Waals surface area contributed by atoms with Gasteiger partial charge in [0.25, 0.3) is 0 Å². The van der Waals surface area contributed by atoms with Crippen molar-refractivity contribution < 1.29 is 9.59 Å². The summed E-state index contributed by atoms with van der Waals surface area (Å²) in [5.74, 6) is 1.77. The van der Waals surface area contributed by atoms with Crippen molar-refractivity contribution in [2.75, 3.05) is 4.90 Å². The van der Waals surface area contributed by atoms with E-state index in [1.807, 2.05) is 32.0 Å². The molecular formula is C19H19NO2. The highest BCUT2D eigenvalue weighted by Crippen LogP contribution is 2.65. The van der Waals surface area contributed by atoms with Gasteiger partial charge in [0, 0.05) is 0 Å². The molecule has 6 rings (SSSR count). The molecule has 112 valence electrons. The quantitative estimate of drug-likeness (QED) is 0.590. The van der Waals surface area contributed by atoms with Crippen LogP contribution in [0.4, 0.5) is 5.69 Å². The Morgan fingerprint density at radius 3 is 2.14 bits per heavy atom. The third-order valence-corrected chi connectivity index (χ3v) is 6.27. The molecule has 0 aromatic heterocycles. The van der Waals surface area contributed by atoms with Crippen LogP contribution >= 0.6 is 0 Å². The summed E-state index contributed by atoms with van der Waals surface area (Å²) in [4.78, 5) is 27.6. The van der Waals surface area contributed by atoms with Crippen molar-refractivity contribution in [2.45, 2.75) is 20.3 Å². The number of benzene rings is 1. The Bertz CT molecular complexity index is 714. The fraction of sp³-hybridized carbons (Fsp3) is 0.474. The van der Waals surface area contributed by atoms with Gasteiger partial charge >= 0.3 is 0 Å². The number of imide groups is 1. The van der Waals surface area contributed by atoms with Crippen molar-refractivity contribution in [3.05, 3.63) is 41.5 Å². The van der Waals surface area contributed by atoms with Crippen LogP contribution in [0.3, 0.4) is 0 Å². The predicted octanol–water partition coefficient (Wildman–Crippen LogP) is 2.86. The minimum Gasteiger partial charge on any atom is -0.274 e. The van der Waals surface area contributed by atoms with Crippen molar-refractivity contribution in [3.63, 3.8) is 0 Å². The van der Waals surface area contributed by atoms with Crippen LogP contribution in [0.25, 0.3) is 0 Å². The molecule has 5 aliphatic rings. The summed E-state index contributed by atoms with van der Waals surface area (Å²) < 4.78 is 0. The topological polar surface area (TPSA) is 37.4 Å². The van der Waals surface area contributed by atoms with E-state index < -0.39 is 0 Å². The van der Waals surface area contributed by atoms with Crippen LogP contribution in [0.15, 0.2) is 30.4 Å². The number of carbonyl (C=O) groups is 2. The van der Waals surface area contributed by atoms with Crippen LogP contribution in [0, 0.1) is 49.4 Å². The molecule has 3 fully saturated rings.